The van der Waals surface area contributed by atoms with Gasteiger partial charge in [-0.3, -0.25) is 4.79 Å². The smallest absolute Gasteiger partial charge is 0.204 e. The fourth-order valence-corrected chi connectivity index (χ4v) is 3.35. The highest BCUT2D eigenvalue weighted by molar-refractivity contribution is 9.10. The second-order valence-corrected chi connectivity index (χ2v) is 7.28. The molecular formula is C15H13BrN4OS. The van der Waals surface area contributed by atoms with Crippen molar-refractivity contribution in [2.24, 2.45) is 0 Å². The number of benzene rings is 1. The van der Waals surface area contributed by atoms with Gasteiger partial charge in [-0.1, -0.05) is 15.9 Å². The summed E-state index contributed by atoms with van der Waals surface area (Å²) in [5.41, 5.74) is 1.61. The maximum absolute atomic E-state index is 12.3. The monoisotopic (exact) mass is 376 g/mol. The van der Waals surface area contributed by atoms with Gasteiger partial charge in [-0.05, 0) is 49.4 Å². The van der Waals surface area contributed by atoms with Crippen LogP contribution in [-0.2, 0) is 6.54 Å². The number of hydrogen-bond acceptors (Lipinski definition) is 5. The highest BCUT2D eigenvalue weighted by Crippen LogP contribution is 2.21. The number of aryl methyl sites for hydroxylation is 2. The van der Waals surface area contributed by atoms with Crippen molar-refractivity contribution in [1.29, 1.82) is 0 Å². The number of aromatic nitrogens is 4. The maximum atomic E-state index is 12.3. The van der Waals surface area contributed by atoms with Crippen LogP contribution < -0.4 is 0 Å². The summed E-state index contributed by atoms with van der Waals surface area (Å²) in [6.45, 7) is 4.04. The van der Waals surface area contributed by atoms with Crippen molar-refractivity contribution >= 4 is 33.0 Å². The Morgan fingerprint density at radius 1 is 1.27 bits per heavy atom. The molecule has 3 aromatic rings. The minimum Gasteiger partial charge on any atom is -0.292 e. The van der Waals surface area contributed by atoms with E-state index in [9.17, 15) is 4.79 Å². The molecule has 0 aliphatic heterocycles. The first-order valence-corrected chi connectivity index (χ1v) is 8.28. The Hall–Kier alpha value is -1.86. The zero-order valence-electron chi connectivity index (χ0n) is 12.1. The lowest BCUT2D eigenvalue weighted by Crippen LogP contribution is -2.13. The molecule has 0 atom stereocenters. The number of rotatable bonds is 4. The van der Waals surface area contributed by atoms with Crippen LogP contribution in [0.3, 0.4) is 0 Å². The lowest BCUT2D eigenvalue weighted by molar-refractivity contribution is 0.0961. The van der Waals surface area contributed by atoms with Crippen LogP contribution in [-0.4, -0.2) is 26.0 Å². The fourth-order valence-electron chi connectivity index (χ4n) is 2.15. The molecule has 112 valence electrons. The molecule has 0 saturated carbocycles. The third-order valence-electron chi connectivity index (χ3n) is 3.18. The summed E-state index contributed by atoms with van der Waals surface area (Å²) in [7, 11) is 0. The lowest BCUT2D eigenvalue weighted by atomic mass is 10.1. The topological polar surface area (TPSA) is 60.7 Å². The molecule has 3 rings (SSSR count). The predicted molar refractivity (Wildman–Crippen MR) is 89.1 cm³/mol. The Kier molecular flexibility index (Phi) is 4.17. The average molecular weight is 377 g/mol. The standard InChI is InChI=1S/C15H13BrN4OS/c1-9-7-13(10(2)22-9)14(21)8-20-18-15(17-19-20)11-3-5-12(16)6-4-11/h3-7H,8H2,1-2H3. The summed E-state index contributed by atoms with van der Waals surface area (Å²) in [4.78, 5) is 15.8. The molecule has 0 unspecified atom stereocenters. The molecule has 7 heteroatoms. The minimum absolute atomic E-state index is 0.00149. The minimum atomic E-state index is 0.00149. The molecule has 1 aromatic carbocycles. The Labute approximate surface area is 140 Å². The Balaban J connectivity index is 1.78. The van der Waals surface area contributed by atoms with Gasteiger partial charge < -0.3 is 0 Å². The third-order valence-corrected chi connectivity index (χ3v) is 4.68. The van der Waals surface area contributed by atoms with E-state index in [1.807, 2.05) is 44.2 Å². The van der Waals surface area contributed by atoms with E-state index in [-0.39, 0.29) is 12.3 Å². The predicted octanol–water partition coefficient (Wildman–Crippen LogP) is 3.66. The number of thiophene rings is 1. The first kappa shape index (κ1) is 15.1. The summed E-state index contributed by atoms with van der Waals surface area (Å²) in [5.74, 6) is 0.514. The van der Waals surface area contributed by atoms with Crippen molar-refractivity contribution in [1.82, 2.24) is 20.2 Å². The van der Waals surface area contributed by atoms with E-state index in [1.54, 1.807) is 11.3 Å². The number of halogens is 1. The normalized spacial score (nSPS) is 10.9. The number of carbonyl (C=O) groups excluding carboxylic acids is 1. The third kappa shape index (κ3) is 3.15. The van der Waals surface area contributed by atoms with Gasteiger partial charge in [-0.15, -0.1) is 21.5 Å². The number of tetrazole rings is 1. The lowest BCUT2D eigenvalue weighted by Gasteiger charge is -1.98. The molecule has 5 nitrogen and oxygen atoms in total. The molecule has 0 N–H and O–H groups in total. The number of nitrogens with zero attached hydrogens (tertiary/aromatic N) is 4. The molecule has 0 aliphatic rings. The molecule has 0 aliphatic carbocycles. The van der Waals surface area contributed by atoms with Crippen molar-refractivity contribution < 1.29 is 4.79 Å². The zero-order valence-corrected chi connectivity index (χ0v) is 14.5. The first-order chi connectivity index (χ1) is 10.5. The zero-order chi connectivity index (χ0) is 15.7. The van der Waals surface area contributed by atoms with E-state index >= 15 is 0 Å². The van der Waals surface area contributed by atoms with Crippen LogP contribution in [0.2, 0.25) is 0 Å². The largest absolute Gasteiger partial charge is 0.292 e. The number of ketones is 1. The average Bonchev–Trinajstić information content (AvgIpc) is 3.06. The summed E-state index contributed by atoms with van der Waals surface area (Å²) in [5, 5.41) is 12.2. The molecule has 2 heterocycles. The van der Waals surface area contributed by atoms with Crippen molar-refractivity contribution in [2.45, 2.75) is 20.4 Å². The molecule has 22 heavy (non-hydrogen) atoms. The molecule has 0 radical (unpaired) electrons. The molecule has 2 aromatic heterocycles. The SMILES string of the molecule is Cc1cc(C(=O)Cn2nnc(-c3ccc(Br)cc3)n2)c(C)s1. The van der Waals surface area contributed by atoms with Gasteiger partial charge in [0.2, 0.25) is 5.82 Å². The Morgan fingerprint density at radius 2 is 2.00 bits per heavy atom. The summed E-state index contributed by atoms with van der Waals surface area (Å²) < 4.78 is 0.988. The Morgan fingerprint density at radius 3 is 2.64 bits per heavy atom. The summed E-state index contributed by atoms with van der Waals surface area (Å²) >= 11 is 5.01. The van der Waals surface area contributed by atoms with Crippen LogP contribution in [0.5, 0.6) is 0 Å². The molecule has 0 fully saturated rings. The molecule has 0 saturated heterocycles. The van der Waals surface area contributed by atoms with E-state index in [2.05, 4.69) is 31.3 Å². The van der Waals surface area contributed by atoms with Crippen LogP contribution in [0.15, 0.2) is 34.8 Å². The van der Waals surface area contributed by atoms with Crippen molar-refractivity contribution in [2.75, 3.05) is 0 Å². The molecular weight excluding hydrogens is 364 g/mol. The van der Waals surface area contributed by atoms with Crippen molar-refractivity contribution in [3.63, 3.8) is 0 Å². The Bertz CT molecular complexity index is 822. The van der Waals surface area contributed by atoms with Crippen LogP contribution >= 0.6 is 27.3 Å². The van der Waals surface area contributed by atoms with Crippen LogP contribution in [0.25, 0.3) is 11.4 Å². The van der Waals surface area contributed by atoms with Gasteiger partial charge in [-0.2, -0.15) is 4.80 Å². The van der Waals surface area contributed by atoms with Gasteiger partial charge in [0.1, 0.15) is 6.54 Å². The molecule has 0 bridgehead atoms. The van der Waals surface area contributed by atoms with Crippen molar-refractivity contribution in [3.05, 3.63) is 50.1 Å². The molecule has 0 spiro atoms. The first-order valence-electron chi connectivity index (χ1n) is 6.67. The van der Waals surface area contributed by atoms with E-state index < -0.39 is 0 Å². The van der Waals surface area contributed by atoms with Gasteiger partial charge in [-0.25, -0.2) is 0 Å². The number of hydrogen-bond donors (Lipinski definition) is 0. The van der Waals surface area contributed by atoms with Gasteiger partial charge in [0.25, 0.3) is 0 Å². The van der Waals surface area contributed by atoms with Crippen LogP contribution in [0.1, 0.15) is 20.1 Å². The molecule has 0 amide bonds. The summed E-state index contributed by atoms with van der Waals surface area (Å²) in [6, 6.07) is 9.55. The van der Waals surface area contributed by atoms with Crippen molar-refractivity contribution in [3.8, 4) is 11.4 Å². The second kappa shape index (κ2) is 6.10. The van der Waals surface area contributed by atoms with E-state index in [0.717, 1.165) is 25.4 Å². The van der Waals surface area contributed by atoms with E-state index in [4.69, 9.17) is 0 Å². The quantitative estimate of drug-likeness (QED) is 0.651. The van der Waals surface area contributed by atoms with Gasteiger partial charge in [0, 0.05) is 25.4 Å². The van der Waals surface area contributed by atoms with E-state index in [0.29, 0.717) is 5.82 Å². The van der Waals surface area contributed by atoms with Gasteiger partial charge in [0.05, 0.1) is 0 Å². The second-order valence-electron chi connectivity index (χ2n) is 4.90. The van der Waals surface area contributed by atoms with Crippen LogP contribution in [0, 0.1) is 13.8 Å². The maximum Gasteiger partial charge on any atom is 0.204 e. The van der Waals surface area contributed by atoms with Gasteiger partial charge >= 0.3 is 0 Å². The highest BCUT2D eigenvalue weighted by Gasteiger charge is 2.14. The summed E-state index contributed by atoms with van der Waals surface area (Å²) in [6.07, 6.45) is 0. The van der Waals surface area contributed by atoms with Gasteiger partial charge in [0.15, 0.2) is 5.78 Å². The fraction of sp³-hybridized carbons (Fsp3) is 0.200. The van der Waals surface area contributed by atoms with Crippen LogP contribution in [0.4, 0.5) is 0 Å². The highest BCUT2D eigenvalue weighted by atomic mass is 79.9. The number of Topliss-reactive ketones (excluding diaryl/α,β-unsaturated/α-hetero) is 1. The number of carbonyl (C=O) groups is 1. The van der Waals surface area contributed by atoms with E-state index in [1.165, 1.54) is 4.80 Å².